The van der Waals surface area contributed by atoms with Crippen molar-refractivity contribution in [1.82, 2.24) is 10.6 Å². The fourth-order valence-corrected chi connectivity index (χ4v) is 3.24. The summed E-state index contributed by atoms with van der Waals surface area (Å²) in [5.41, 5.74) is 2.54. The number of aliphatic hydroxyl groups excluding tert-OH is 1. The van der Waals surface area contributed by atoms with Gasteiger partial charge in [-0.15, -0.1) is 0 Å². The summed E-state index contributed by atoms with van der Waals surface area (Å²) >= 11 is 0. The predicted octanol–water partition coefficient (Wildman–Crippen LogP) is 1.12. The van der Waals surface area contributed by atoms with Crippen LogP contribution in [0.5, 0.6) is 0 Å². The van der Waals surface area contributed by atoms with Gasteiger partial charge >= 0.3 is 0 Å². The van der Waals surface area contributed by atoms with Crippen molar-refractivity contribution in [2.24, 2.45) is 0 Å². The summed E-state index contributed by atoms with van der Waals surface area (Å²) in [6.45, 7) is 0.752. The topological polar surface area (TPSA) is 61.4 Å². The highest BCUT2D eigenvalue weighted by Gasteiger charge is 2.27. The van der Waals surface area contributed by atoms with Gasteiger partial charge in [0, 0.05) is 12.6 Å². The maximum atomic E-state index is 12.3. The van der Waals surface area contributed by atoms with E-state index < -0.39 is 0 Å². The fraction of sp³-hybridized carbons (Fsp3) is 0.562. The molecule has 3 unspecified atom stereocenters. The van der Waals surface area contributed by atoms with Gasteiger partial charge in [0.25, 0.3) is 0 Å². The SMILES string of the molecule is O=C(NC1CCCC(O)C1)C1Cc2ccccc2CN1. The average molecular weight is 274 g/mol. The van der Waals surface area contributed by atoms with E-state index in [1.807, 2.05) is 12.1 Å². The molecule has 0 saturated heterocycles. The van der Waals surface area contributed by atoms with Gasteiger partial charge in [-0.25, -0.2) is 0 Å². The monoisotopic (exact) mass is 274 g/mol. The zero-order chi connectivity index (χ0) is 13.9. The molecule has 3 rings (SSSR count). The van der Waals surface area contributed by atoms with Gasteiger partial charge in [-0.2, -0.15) is 0 Å². The third-order valence-corrected chi connectivity index (χ3v) is 4.39. The second-order valence-electron chi connectivity index (χ2n) is 5.93. The Bertz CT molecular complexity index is 489. The number of carbonyl (C=O) groups excluding carboxylic acids is 1. The molecule has 3 atom stereocenters. The molecule has 0 aromatic heterocycles. The van der Waals surface area contributed by atoms with Crippen molar-refractivity contribution < 1.29 is 9.90 Å². The van der Waals surface area contributed by atoms with E-state index in [-0.39, 0.29) is 24.1 Å². The van der Waals surface area contributed by atoms with E-state index in [9.17, 15) is 9.90 Å². The van der Waals surface area contributed by atoms with Gasteiger partial charge < -0.3 is 15.7 Å². The second kappa shape index (κ2) is 5.94. The smallest absolute Gasteiger partial charge is 0.237 e. The van der Waals surface area contributed by atoms with Crippen molar-refractivity contribution in [1.29, 1.82) is 0 Å². The average Bonchev–Trinajstić information content (AvgIpc) is 2.47. The zero-order valence-corrected chi connectivity index (χ0v) is 11.6. The summed E-state index contributed by atoms with van der Waals surface area (Å²) in [6, 6.07) is 8.24. The van der Waals surface area contributed by atoms with Gasteiger partial charge in [0.1, 0.15) is 0 Å². The number of aliphatic hydroxyl groups is 1. The van der Waals surface area contributed by atoms with Gasteiger partial charge in [0.05, 0.1) is 12.1 Å². The maximum Gasteiger partial charge on any atom is 0.237 e. The van der Waals surface area contributed by atoms with Crippen molar-refractivity contribution in [3.63, 3.8) is 0 Å². The van der Waals surface area contributed by atoms with Crippen LogP contribution in [0.4, 0.5) is 0 Å². The number of benzene rings is 1. The van der Waals surface area contributed by atoms with Crippen molar-refractivity contribution in [3.05, 3.63) is 35.4 Å². The Morgan fingerprint density at radius 2 is 2.05 bits per heavy atom. The minimum absolute atomic E-state index is 0.0682. The molecular formula is C16H22N2O2. The second-order valence-corrected chi connectivity index (χ2v) is 5.93. The Kier molecular flexibility index (Phi) is 4.03. The Labute approximate surface area is 119 Å². The fourth-order valence-electron chi connectivity index (χ4n) is 3.24. The van der Waals surface area contributed by atoms with Crippen molar-refractivity contribution in [2.45, 2.75) is 56.8 Å². The molecule has 1 aromatic rings. The molecule has 2 aliphatic rings. The molecule has 1 aliphatic heterocycles. The van der Waals surface area contributed by atoms with Crippen LogP contribution in [-0.4, -0.2) is 29.2 Å². The number of hydrogen-bond donors (Lipinski definition) is 3. The predicted molar refractivity (Wildman–Crippen MR) is 77.2 cm³/mol. The molecule has 20 heavy (non-hydrogen) atoms. The number of carbonyl (C=O) groups is 1. The largest absolute Gasteiger partial charge is 0.393 e. The quantitative estimate of drug-likeness (QED) is 0.757. The van der Waals surface area contributed by atoms with Crippen molar-refractivity contribution in [2.75, 3.05) is 0 Å². The van der Waals surface area contributed by atoms with Gasteiger partial charge in [0.2, 0.25) is 5.91 Å². The lowest BCUT2D eigenvalue weighted by Crippen LogP contribution is -2.51. The molecule has 0 spiro atoms. The van der Waals surface area contributed by atoms with Gasteiger partial charge in [0.15, 0.2) is 0 Å². The minimum atomic E-state index is -0.255. The van der Waals surface area contributed by atoms with Crippen LogP contribution in [0.15, 0.2) is 24.3 Å². The molecule has 1 heterocycles. The minimum Gasteiger partial charge on any atom is -0.393 e. The van der Waals surface area contributed by atoms with E-state index in [0.29, 0.717) is 6.42 Å². The van der Waals surface area contributed by atoms with Crippen molar-refractivity contribution in [3.8, 4) is 0 Å². The molecule has 0 bridgehead atoms. The molecule has 1 aromatic carbocycles. The standard InChI is InChI=1S/C16H22N2O2/c19-14-7-3-6-13(9-14)18-16(20)15-8-11-4-1-2-5-12(11)10-17-15/h1-2,4-5,13-15,17,19H,3,6-10H2,(H,18,20). The van der Waals surface area contributed by atoms with Crippen LogP contribution in [0.1, 0.15) is 36.8 Å². The highest BCUT2D eigenvalue weighted by molar-refractivity contribution is 5.82. The number of rotatable bonds is 2. The summed E-state index contributed by atoms with van der Waals surface area (Å²) in [6.07, 6.45) is 4.02. The summed E-state index contributed by atoms with van der Waals surface area (Å²) in [7, 11) is 0. The number of nitrogens with one attached hydrogen (secondary N) is 2. The highest BCUT2D eigenvalue weighted by atomic mass is 16.3. The number of fused-ring (bicyclic) bond motifs is 1. The van der Waals surface area contributed by atoms with E-state index in [0.717, 1.165) is 32.2 Å². The van der Waals surface area contributed by atoms with Gasteiger partial charge in [-0.1, -0.05) is 24.3 Å². The molecular weight excluding hydrogens is 252 g/mol. The molecule has 1 fully saturated rings. The normalized spacial score (nSPS) is 29.6. The molecule has 108 valence electrons. The van der Waals surface area contributed by atoms with E-state index in [1.54, 1.807) is 0 Å². The Morgan fingerprint density at radius 1 is 1.25 bits per heavy atom. The van der Waals surface area contributed by atoms with E-state index in [4.69, 9.17) is 0 Å². The zero-order valence-electron chi connectivity index (χ0n) is 11.6. The first-order chi connectivity index (χ1) is 9.72. The first-order valence-corrected chi connectivity index (χ1v) is 7.51. The van der Waals surface area contributed by atoms with Crippen LogP contribution in [-0.2, 0) is 17.8 Å². The van der Waals surface area contributed by atoms with Crippen LogP contribution >= 0.6 is 0 Å². The highest BCUT2D eigenvalue weighted by Crippen LogP contribution is 2.20. The lowest BCUT2D eigenvalue weighted by Gasteiger charge is -2.30. The molecule has 3 N–H and O–H groups in total. The van der Waals surface area contributed by atoms with E-state index in [2.05, 4.69) is 22.8 Å². The summed E-state index contributed by atoms with van der Waals surface area (Å²) < 4.78 is 0. The van der Waals surface area contributed by atoms with Crippen LogP contribution in [0.2, 0.25) is 0 Å². The lowest BCUT2D eigenvalue weighted by molar-refractivity contribution is -0.124. The van der Waals surface area contributed by atoms with Crippen LogP contribution < -0.4 is 10.6 Å². The molecule has 4 heteroatoms. The van der Waals surface area contributed by atoms with Crippen LogP contribution in [0.25, 0.3) is 0 Å². The lowest BCUT2D eigenvalue weighted by atomic mass is 9.91. The maximum absolute atomic E-state index is 12.3. The summed E-state index contributed by atoms with van der Waals surface area (Å²) in [5, 5.41) is 16.1. The first kappa shape index (κ1) is 13.6. The Morgan fingerprint density at radius 3 is 2.85 bits per heavy atom. The summed E-state index contributed by atoms with van der Waals surface area (Å²) in [4.78, 5) is 12.3. The Hall–Kier alpha value is -1.39. The van der Waals surface area contributed by atoms with E-state index >= 15 is 0 Å². The third-order valence-electron chi connectivity index (χ3n) is 4.39. The Balaban J connectivity index is 1.59. The number of hydrogen-bond acceptors (Lipinski definition) is 3. The van der Waals surface area contributed by atoms with E-state index in [1.165, 1.54) is 11.1 Å². The molecule has 1 saturated carbocycles. The third kappa shape index (κ3) is 3.02. The number of amides is 1. The van der Waals surface area contributed by atoms with Gasteiger partial charge in [-0.3, -0.25) is 4.79 Å². The first-order valence-electron chi connectivity index (χ1n) is 7.51. The van der Waals surface area contributed by atoms with Crippen LogP contribution in [0, 0.1) is 0 Å². The van der Waals surface area contributed by atoms with Crippen molar-refractivity contribution >= 4 is 5.91 Å². The summed E-state index contributed by atoms with van der Waals surface area (Å²) in [5.74, 6) is 0.0682. The van der Waals surface area contributed by atoms with Gasteiger partial charge in [-0.05, 0) is 43.2 Å². The molecule has 4 nitrogen and oxygen atoms in total. The molecule has 0 radical (unpaired) electrons. The molecule has 1 aliphatic carbocycles. The van der Waals surface area contributed by atoms with Crippen LogP contribution in [0.3, 0.4) is 0 Å². The molecule has 1 amide bonds.